The van der Waals surface area contributed by atoms with E-state index in [4.69, 9.17) is 4.84 Å². The number of hydrogen-bond acceptors (Lipinski definition) is 4. The molecule has 0 bridgehead atoms. The molecule has 1 aromatic carbocycles. The maximum absolute atomic E-state index is 11.9. The minimum atomic E-state index is -0.365. The minimum Gasteiger partial charge on any atom is -0.361 e. The summed E-state index contributed by atoms with van der Waals surface area (Å²) in [5, 5.41) is 7.14. The lowest BCUT2D eigenvalue weighted by atomic mass is 10.0. The summed E-state index contributed by atoms with van der Waals surface area (Å²) in [6, 6.07) is 8.42. The fourth-order valence-corrected chi connectivity index (χ4v) is 3.03. The number of aryl methyl sites for hydroxylation is 1. The lowest BCUT2D eigenvalue weighted by molar-refractivity contribution is -0.136. The molecule has 0 atom stereocenters. The highest BCUT2D eigenvalue weighted by Gasteiger charge is 2.24. The van der Waals surface area contributed by atoms with Crippen molar-refractivity contribution in [3.63, 3.8) is 0 Å². The number of hydrogen-bond donors (Lipinski definition) is 1. The Labute approximate surface area is 157 Å². The molecule has 1 heterocycles. The van der Waals surface area contributed by atoms with Crippen molar-refractivity contribution >= 4 is 17.4 Å². The van der Waals surface area contributed by atoms with Crippen LogP contribution < -0.4 is 5.32 Å². The van der Waals surface area contributed by atoms with Crippen LogP contribution in [0.5, 0.6) is 0 Å². The van der Waals surface area contributed by atoms with Gasteiger partial charge in [0.1, 0.15) is 5.57 Å². The van der Waals surface area contributed by atoms with Gasteiger partial charge in [0.2, 0.25) is 0 Å². The molecule has 0 aliphatic carbocycles. The van der Waals surface area contributed by atoms with Gasteiger partial charge in [-0.2, -0.15) is 0 Å². The van der Waals surface area contributed by atoms with Crippen LogP contribution in [0.15, 0.2) is 41.2 Å². The molecule has 0 radical (unpaired) electrons. The van der Waals surface area contributed by atoms with Gasteiger partial charge in [0, 0.05) is 11.9 Å². The van der Waals surface area contributed by atoms with Crippen molar-refractivity contribution in [2.45, 2.75) is 78.1 Å². The number of benzene rings is 1. The first-order valence-corrected chi connectivity index (χ1v) is 10.1. The Bertz CT molecular complexity index is 618. The first kappa shape index (κ1) is 20.2. The van der Waals surface area contributed by atoms with E-state index in [0.29, 0.717) is 5.57 Å². The van der Waals surface area contributed by atoms with Crippen LogP contribution in [-0.2, 0) is 16.1 Å². The second-order valence-electron chi connectivity index (χ2n) is 6.94. The van der Waals surface area contributed by atoms with Crippen LogP contribution in [0.4, 0.5) is 5.69 Å². The van der Waals surface area contributed by atoms with Gasteiger partial charge >= 0.3 is 5.97 Å². The molecule has 4 heteroatoms. The Kier molecular flexibility index (Phi) is 8.94. The van der Waals surface area contributed by atoms with Gasteiger partial charge in [-0.05, 0) is 43.4 Å². The second-order valence-corrected chi connectivity index (χ2v) is 6.94. The van der Waals surface area contributed by atoms with Gasteiger partial charge in [-0.25, -0.2) is 4.79 Å². The summed E-state index contributed by atoms with van der Waals surface area (Å²) >= 11 is 0. The summed E-state index contributed by atoms with van der Waals surface area (Å²) in [5.41, 5.74) is 3.63. The highest BCUT2D eigenvalue weighted by atomic mass is 16.7. The number of anilines is 1. The number of nitrogens with one attached hydrogen (secondary N) is 1. The van der Waals surface area contributed by atoms with Crippen LogP contribution in [0.3, 0.4) is 0 Å². The van der Waals surface area contributed by atoms with Crippen molar-refractivity contribution < 1.29 is 9.63 Å². The zero-order chi connectivity index (χ0) is 18.6. The smallest absolute Gasteiger partial charge is 0.361 e. The fourth-order valence-electron chi connectivity index (χ4n) is 3.03. The lowest BCUT2D eigenvalue weighted by Crippen LogP contribution is -2.08. The van der Waals surface area contributed by atoms with Crippen molar-refractivity contribution in [1.82, 2.24) is 0 Å². The first-order chi connectivity index (χ1) is 12.7. The van der Waals surface area contributed by atoms with E-state index >= 15 is 0 Å². The Balaban J connectivity index is 1.84. The van der Waals surface area contributed by atoms with Crippen molar-refractivity contribution in [3.05, 3.63) is 41.6 Å². The van der Waals surface area contributed by atoms with Gasteiger partial charge in [-0.1, -0.05) is 69.7 Å². The summed E-state index contributed by atoms with van der Waals surface area (Å²) in [5.74, 6) is -0.365. The number of oxime groups is 1. The van der Waals surface area contributed by atoms with Gasteiger partial charge in [-0.3, -0.25) is 0 Å². The lowest BCUT2D eigenvalue weighted by Gasteiger charge is -2.05. The molecular formula is C22H32N2O2. The van der Waals surface area contributed by atoms with E-state index in [0.717, 1.165) is 37.1 Å². The topological polar surface area (TPSA) is 50.7 Å². The third-order valence-corrected chi connectivity index (χ3v) is 4.69. The van der Waals surface area contributed by atoms with Crippen molar-refractivity contribution in [2.75, 3.05) is 5.32 Å². The van der Waals surface area contributed by atoms with Crippen LogP contribution in [-0.4, -0.2) is 11.7 Å². The molecule has 0 aromatic heterocycles. The summed E-state index contributed by atoms with van der Waals surface area (Å²) in [7, 11) is 0. The van der Waals surface area contributed by atoms with Gasteiger partial charge in [0.25, 0.3) is 0 Å². The largest absolute Gasteiger partial charge is 0.369 e. The summed E-state index contributed by atoms with van der Waals surface area (Å²) in [4.78, 5) is 16.7. The number of carbonyl (C=O) groups excluding carboxylic acids is 1. The Morgan fingerprint density at radius 2 is 1.58 bits per heavy atom. The number of carbonyl (C=O) groups is 1. The molecule has 4 nitrogen and oxygen atoms in total. The van der Waals surface area contributed by atoms with Gasteiger partial charge in [-0.15, -0.1) is 0 Å². The van der Waals surface area contributed by atoms with E-state index in [9.17, 15) is 4.79 Å². The summed E-state index contributed by atoms with van der Waals surface area (Å²) in [6.45, 7) is 4.42. The van der Waals surface area contributed by atoms with E-state index in [1.165, 1.54) is 44.1 Å². The number of nitrogens with zero attached hydrogens (tertiary/aromatic N) is 1. The van der Waals surface area contributed by atoms with Crippen LogP contribution >= 0.6 is 0 Å². The highest BCUT2D eigenvalue weighted by Crippen LogP contribution is 2.18. The van der Waals surface area contributed by atoms with Crippen molar-refractivity contribution in [2.24, 2.45) is 5.16 Å². The molecule has 0 spiro atoms. The molecule has 0 fully saturated rings. The monoisotopic (exact) mass is 356 g/mol. The van der Waals surface area contributed by atoms with E-state index < -0.39 is 0 Å². The average molecular weight is 357 g/mol. The maximum atomic E-state index is 11.9. The molecular weight excluding hydrogens is 324 g/mol. The molecule has 1 aliphatic rings. The predicted molar refractivity (Wildman–Crippen MR) is 108 cm³/mol. The molecule has 26 heavy (non-hydrogen) atoms. The molecule has 142 valence electrons. The SMILES string of the molecule is CCCCCCC1=NOC(=O)/C1=C\Nc1ccc(CCCCCC)cc1. The first-order valence-electron chi connectivity index (χ1n) is 10.1. The fraction of sp³-hybridized carbons (Fsp3) is 0.545. The average Bonchev–Trinajstić information content (AvgIpc) is 3.01. The highest BCUT2D eigenvalue weighted by molar-refractivity contribution is 6.22. The van der Waals surface area contributed by atoms with Crippen molar-refractivity contribution in [3.8, 4) is 0 Å². The van der Waals surface area contributed by atoms with Crippen LogP contribution in [0.25, 0.3) is 0 Å². The quantitative estimate of drug-likeness (QED) is 0.284. The van der Waals surface area contributed by atoms with Crippen LogP contribution in [0.1, 0.15) is 77.2 Å². The van der Waals surface area contributed by atoms with Crippen molar-refractivity contribution in [1.29, 1.82) is 0 Å². The Hall–Kier alpha value is -2.10. The molecule has 0 saturated carbocycles. The maximum Gasteiger partial charge on any atom is 0.369 e. The standard InChI is InChI=1S/C22H32N2O2/c1-3-5-7-9-11-18-13-15-19(16-14-18)23-17-20-21(24-26-22(20)25)12-10-8-6-4-2/h13-17,23H,3-12H2,1-2H3/b20-17-. The number of unbranched alkanes of at least 4 members (excludes halogenated alkanes) is 6. The molecule has 0 unspecified atom stereocenters. The molecule has 1 aliphatic heterocycles. The minimum absolute atomic E-state index is 0.365. The van der Waals surface area contributed by atoms with Gasteiger partial charge in [0.15, 0.2) is 0 Å². The summed E-state index contributed by atoms with van der Waals surface area (Å²) in [6.07, 6.45) is 13.4. The Morgan fingerprint density at radius 3 is 2.23 bits per heavy atom. The Morgan fingerprint density at radius 1 is 0.923 bits per heavy atom. The van der Waals surface area contributed by atoms with Crippen LogP contribution in [0, 0.1) is 0 Å². The summed E-state index contributed by atoms with van der Waals surface area (Å²) < 4.78 is 0. The van der Waals surface area contributed by atoms with E-state index in [2.05, 4.69) is 48.6 Å². The molecule has 1 N–H and O–H groups in total. The zero-order valence-corrected chi connectivity index (χ0v) is 16.2. The molecule has 1 aromatic rings. The normalized spacial score (nSPS) is 15.2. The van der Waals surface area contributed by atoms with E-state index in [-0.39, 0.29) is 5.97 Å². The van der Waals surface area contributed by atoms with Gasteiger partial charge in [0.05, 0.1) is 5.71 Å². The molecule has 2 rings (SSSR count). The van der Waals surface area contributed by atoms with E-state index in [1.54, 1.807) is 6.20 Å². The predicted octanol–water partition coefficient (Wildman–Crippen LogP) is 5.99. The third kappa shape index (κ3) is 6.66. The molecule has 0 saturated heterocycles. The molecule has 0 amide bonds. The third-order valence-electron chi connectivity index (χ3n) is 4.69. The number of rotatable bonds is 12. The zero-order valence-electron chi connectivity index (χ0n) is 16.2. The second kappa shape index (κ2) is 11.5. The van der Waals surface area contributed by atoms with Gasteiger partial charge < -0.3 is 10.2 Å². The van der Waals surface area contributed by atoms with E-state index in [1.807, 2.05) is 0 Å². The van der Waals surface area contributed by atoms with Crippen LogP contribution in [0.2, 0.25) is 0 Å².